The number of hydrogen-bond acceptors (Lipinski definition) is 2. The van der Waals surface area contributed by atoms with E-state index in [0.29, 0.717) is 6.04 Å². The fraction of sp³-hybridized carbons (Fsp3) is 0.400. The van der Waals surface area contributed by atoms with Gasteiger partial charge in [-0.3, -0.25) is 4.90 Å². The summed E-state index contributed by atoms with van der Waals surface area (Å²) in [5.74, 6) is -0.354. The molecule has 2 aromatic carbocycles. The molecule has 3 rings (SSSR count). The molecule has 0 radical (unpaired) electrons. The zero-order valence-electron chi connectivity index (χ0n) is 14.0. The molecule has 1 saturated heterocycles. The van der Waals surface area contributed by atoms with Gasteiger partial charge in [0.2, 0.25) is 0 Å². The van der Waals surface area contributed by atoms with Crippen molar-refractivity contribution in [3.05, 3.63) is 71.3 Å². The van der Waals surface area contributed by atoms with Crippen molar-refractivity contribution < 1.29 is 8.78 Å². The highest BCUT2D eigenvalue weighted by molar-refractivity contribution is 5.35. The molecule has 1 aliphatic rings. The Morgan fingerprint density at radius 1 is 0.875 bits per heavy atom. The van der Waals surface area contributed by atoms with Crippen LogP contribution >= 0.6 is 0 Å². The second-order valence-corrected chi connectivity index (χ2v) is 6.34. The number of rotatable bonds is 5. The van der Waals surface area contributed by atoms with Gasteiger partial charge in [-0.15, -0.1) is 0 Å². The standard InChI is InChI=1S/C20H24F2N2/c1-2-19(24-13-11-23-12-14-24)20(15-3-7-17(21)8-4-15)16-5-9-18(22)10-6-16/h3-10,19-20,23H,2,11-14H2,1H3. The molecule has 1 fully saturated rings. The van der Waals surface area contributed by atoms with Gasteiger partial charge in [-0.25, -0.2) is 8.78 Å². The molecule has 2 aromatic rings. The highest BCUT2D eigenvalue weighted by Crippen LogP contribution is 2.33. The van der Waals surface area contributed by atoms with Crippen LogP contribution in [0.15, 0.2) is 48.5 Å². The molecule has 1 heterocycles. The fourth-order valence-corrected chi connectivity index (χ4v) is 3.70. The Morgan fingerprint density at radius 3 is 1.75 bits per heavy atom. The van der Waals surface area contributed by atoms with Crippen molar-refractivity contribution >= 4 is 0 Å². The first-order chi connectivity index (χ1) is 11.7. The number of halogens is 2. The van der Waals surface area contributed by atoms with Gasteiger partial charge in [0.1, 0.15) is 11.6 Å². The summed E-state index contributed by atoms with van der Waals surface area (Å²) in [6.07, 6.45) is 0.986. The van der Waals surface area contributed by atoms with E-state index in [2.05, 4.69) is 17.1 Å². The van der Waals surface area contributed by atoms with Crippen molar-refractivity contribution in [3.8, 4) is 0 Å². The second kappa shape index (κ2) is 7.86. The quantitative estimate of drug-likeness (QED) is 0.897. The smallest absolute Gasteiger partial charge is 0.123 e. The van der Waals surface area contributed by atoms with Crippen LogP contribution in [0.4, 0.5) is 8.78 Å². The van der Waals surface area contributed by atoms with E-state index in [1.54, 1.807) is 0 Å². The molecule has 1 atom stereocenters. The Morgan fingerprint density at radius 2 is 1.33 bits per heavy atom. The van der Waals surface area contributed by atoms with Gasteiger partial charge < -0.3 is 5.32 Å². The van der Waals surface area contributed by atoms with Crippen molar-refractivity contribution in [1.29, 1.82) is 0 Å². The van der Waals surface area contributed by atoms with E-state index < -0.39 is 0 Å². The largest absolute Gasteiger partial charge is 0.314 e. The van der Waals surface area contributed by atoms with E-state index >= 15 is 0 Å². The first-order valence-electron chi connectivity index (χ1n) is 8.64. The van der Waals surface area contributed by atoms with Crippen LogP contribution in [0.5, 0.6) is 0 Å². The minimum Gasteiger partial charge on any atom is -0.314 e. The molecule has 0 bridgehead atoms. The first kappa shape index (κ1) is 17.1. The predicted octanol–water partition coefficient (Wildman–Crippen LogP) is 3.78. The van der Waals surface area contributed by atoms with Crippen LogP contribution in [0, 0.1) is 11.6 Å². The van der Waals surface area contributed by atoms with Crippen LogP contribution in [-0.2, 0) is 0 Å². The fourth-order valence-electron chi connectivity index (χ4n) is 3.70. The molecule has 128 valence electrons. The Hall–Kier alpha value is -1.78. The lowest BCUT2D eigenvalue weighted by Gasteiger charge is -2.39. The summed E-state index contributed by atoms with van der Waals surface area (Å²) in [5.41, 5.74) is 2.15. The van der Waals surface area contributed by atoms with Gasteiger partial charge in [-0.1, -0.05) is 31.2 Å². The van der Waals surface area contributed by atoms with Gasteiger partial charge in [0.15, 0.2) is 0 Å². The summed E-state index contributed by atoms with van der Waals surface area (Å²) >= 11 is 0. The van der Waals surface area contributed by atoms with Crippen molar-refractivity contribution in [2.45, 2.75) is 25.3 Å². The normalized spacial score (nSPS) is 17.2. The molecule has 1 aliphatic heterocycles. The van der Waals surface area contributed by atoms with E-state index in [1.165, 1.54) is 24.3 Å². The lowest BCUT2D eigenvalue weighted by atomic mass is 9.82. The van der Waals surface area contributed by atoms with Gasteiger partial charge in [0.25, 0.3) is 0 Å². The topological polar surface area (TPSA) is 15.3 Å². The van der Waals surface area contributed by atoms with Crippen LogP contribution < -0.4 is 5.32 Å². The number of nitrogens with zero attached hydrogens (tertiary/aromatic N) is 1. The molecular formula is C20H24F2N2. The molecule has 2 nitrogen and oxygen atoms in total. The summed E-state index contributed by atoms with van der Waals surface area (Å²) in [4.78, 5) is 2.49. The van der Waals surface area contributed by atoms with Crippen LogP contribution in [0.2, 0.25) is 0 Å². The third-order valence-corrected chi connectivity index (χ3v) is 4.88. The highest BCUT2D eigenvalue weighted by atomic mass is 19.1. The summed E-state index contributed by atoms with van der Waals surface area (Å²) in [5, 5.41) is 3.39. The Labute approximate surface area is 142 Å². The number of benzene rings is 2. The lowest BCUT2D eigenvalue weighted by molar-refractivity contribution is 0.155. The van der Waals surface area contributed by atoms with Gasteiger partial charge in [0.05, 0.1) is 0 Å². The summed E-state index contributed by atoms with van der Waals surface area (Å²) < 4.78 is 26.7. The number of piperazine rings is 1. The summed E-state index contributed by atoms with van der Waals surface area (Å²) in [7, 11) is 0. The molecule has 24 heavy (non-hydrogen) atoms. The molecule has 4 heteroatoms. The predicted molar refractivity (Wildman–Crippen MR) is 93.2 cm³/mol. The van der Waals surface area contributed by atoms with Gasteiger partial charge in [-0.05, 0) is 41.8 Å². The van der Waals surface area contributed by atoms with Gasteiger partial charge in [-0.2, -0.15) is 0 Å². The molecule has 1 N–H and O–H groups in total. The third kappa shape index (κ3) is 3.82. The van der Waals surface area contributed by atoms with Gasteiger partial charge >= 0.3 is 0 Å². The SMILES string of the molecule is CCC(C(c1ccc(F)cc1)c1ccc(F)cc1)N1CCNCC1. The lowest BCUT2D eigenvalue weighted by Crippen LogP contribution is -2.50. The van der Waals surface area contributed by atoms with Crippen molar-refractivity contribution in [3.63, 3.8) is 0 Å². The minimum absolute atomic E-state index is 0.106. The van der Waals surface area contributed by atoms with Crippen molar-refractivity contribution in [2.75, 3.05) is 26.2 Å². The summed E-state index contributed by atoms with van der Waals surface area (Å²) in [6, 6.07) is 13.8. The average molecular weight is 330 g/mol. The molecular weight excluding hydrogens is 306 g/mol. The van der Waals surface area contributed by atoms with Crippen molar-refractivity contribution in [2.24, 2.45) is 0 Å². The van der Waals surface area contributed by atoms with Crippen LogP contribution in [0.3, 0.4) is 0 Å². The van der Waals surface area contributed by atoms with Crippen LogP contribution in [0.25, 0.3) is 0 Å². The van der Waals surface area contributed by atoms with Crippen molar-refractivity contribution in [1.82, 2.24) is 10.2 Å². The maximum atomic E-state index is 13.4. The van der Waals surface area contributed by atoms with E-state index in [1.807, 2.05) is 24.3 Å². The third-order valence-electron chi connectivity index (χ3n) is 4.88. The van der Waals surface area contributed by atoms with Crippen LogP contribution in [0.1, 0.15) is 30.4 Å². The Balaban J connectivity index is 1.99. The Kier molecular flexibility index (Phi) is 5.59. The summed E-state index contributed by atoms with van der Waals surface area (Å²) in [6.45, 7) is 6.15. The van der Waals surface area contributed by atoms with E-state index in [9.17, 15) is 8.78 Å². The average Bonchev–Trinajstić information content (AvgIpc) is 2.62. The maximum Gasteiger partial charge on any atom is 0.123 e. The zero-order valence-corrected chi connectivity index (χ0v) is 14.0. The minimum atomic E-state index is -0.230. The van der Waals surface area contributed by atoms with E-state index in [0.717, 1.165) is 43.7 Å². The van der Waals surface area contributed by atoms with E-state index in [4.69, 9.17) is 0 Å². The van der Waals surface area contributed by atoms with Crippen LogP contribution in [-0.4, -0.2) is 37.1 Å². The second-order valence-electron chi connectivity index (χ2n) is 6.34. The molecule has 0 aromatic heterocycles. The molecule has 1 unspecified atom stereocenters. The monoisotopic (exact) mass is 330 g/mol. The number of hydrogen-bond donors (Lipinski definition) is 1. The molecule has 0 saturated carbocycles. The number of nitrogens with one attached hydrogen (secondary N) is 1. The maximum absolute atomic E-state index is 13.4. The molecule has 0 spiro atoms. The zero-order chi connectivity index (χ0) is 16.9. The van der Waals surface area contributed by atoms with E-state index in [-0.39, 0.29) is 17.6 Å². The first-order valence-corrected chi connectivity index (χ1v) is 8.64. The molecule has 0 amide bonds. The molecule has 0 aliphatic carbocycles. The Bertz CT molecular complexity index is 588. The van der Waals surface area contributed by atoms with Gasteiger partial charge in [0, 0.05) is 38.1 Å². The highest BCUT2D eigenvalue weighted by Gasteiger charge is 2.29.